The van der Waals surface area contributed by atoms with Crippen LogP contribution in [0.1, 0.15) is 0 Å². The Morgan fingerprint density at radius 3 is 2.47 bits per heavy atom. The predicted molar refractivity (Wildman–Crippen MR) is 74.5 cm³/mol. The molecule has 2 rings (SSSR count). The number of benzene rings is 1. The quantitative estimate of drug-likeness (QED) is 0.909. The van der Waals surface area contributed by atoms with Crippen LogP contribution in [0.2, 0.25) is 15.1 Å². The number of halogens is 3. The zero-order valence-corrected chi connectivity index (χ0v) is 11.7. The van der Waals surface area contributed by atoms with E-state index < -0.39 is 0 Å². The molecule has 0 saturated heterocycles. The third-order valence-corrected chi connectivity index (χ3v) is 2.92. The molecule has 1 amide bonds. The Hall–Kier alpha value is -1.50. The molecule has 9 heteroatoms. The highest BCUT2D eigenvalue weighted by Gasteiger charge is 2.12. The van der Waals surface area contributed by atoms with Gasteiger partial charge in [-0.15, -0.1) is 5.10 Å². The number of nitrogens with zero attached hydrogens (tertiary/aromatic N) is 3. The fourth-order valence-corrected chi connectivity index (χ4v) is 2.27. The van der Waals surface area contributed by atoms with Gasteiger partial charge in [0.15, 0.2) is 5.82 Å². The first-order chi connectivity index (χ1) is 8.95. The Labute approximate surface area is 123 Å². The van der Waals surface area contributed by atoms with Gasteiger partial charge in [0.25, 0.3) is 0 Å². The molecule has 0 unspecified atom stereocenters. The van der Waals surface area contributed by atoms with E-state index in [1.807, 2.05) is 0 Å². The summed E-state index contributed by atoms with van der Waals surface area (Å²) in [7, 11) is 0. The second kappa shape index (κ2) is 5.64. The first-order valence-electron chi connectivity index (χ1n) is 5.05. The Kier molecular flexibility index (Phi) is 4.14. The molecule has 0 aliphatic rings. The number of aromatic nitrogens is 3. The minimum absolute atomic E-state index is 0.105. The van der Waals surface area contributed by atoms with Crippen LogP contribution in [0.5, 0.6) is 0 Å². The molecule has 1 aromatic carbocycles. The van der Waals surface area contributed by atoms with Crippen molar-refractivity contribution in [2.75, 3.05) is 11.1 Å². The Balaban J connectivity index is 2.11. The van der Waals surface area contributed by atoms with Crippen molar-refractivity contribution in [2.24, 2.45) is 0 Å². The van der Waals surface area contributed by atoms with E-state index in [1.54, 1.807) is 0 Å². The molecule has 1 aromatic heterocycles. The number of amides is 1. The molecule has 100 valence electrons. The van der Waals surface area contributed by atoms with Crippen LogP contribution >= 0.6 is 34.8 Å². The van der Waals surface area contributed by atoms with Crippen LogP contribution in [0.3, 0.4) is 0 Å². The van der Waals surface area contributed by atoms with Gasteiger partial charge in [0.05, 0.1) is 21.9 Å². The van der Waals surface area contributed by atoms with Crippen LogP contribution in [-0.4, -0.2) is 20.9 Å². The van der Waals surface area contributed by atoms with Gasteiger partial charge in [0, 0.05) is 5.02 Å². The van der Waals surface area contributed by atoms with Gasteiger partial charge in [-0.1, -0.05) is 34.8 Å². The van der Waals surface area contributed by atoms with E-state index in [0.29, 0.717) is 5.02 Å². The monoisotopic (exact) mass is 319 g/mol. The Bertz CT molecular complexity index is 604. The largest absolute Gasteiger partial charge is 0.381 e. The van der Waals surface area contributed by atoms with Gasteiger partial charge in [0.2, 0.25) is 5.91 Å². The number of nitrogens with one attached hydrogen (secondary N) is 1. The van der Waals surface area contributed by atoms with Gasteiger partial charge < -0.3 is 11.1 Å². The summed E-state index contributed by atoms with van der Waals surface area (Å²) in [6.45, 7) is -0.105. The topological polar surface area (TPSA) is 85.8 Å². The van der Waals surface area contributed by atoms with Crippen molar-refractivity contribution in [2.45, 2.75) is 6.54 Å². The average molecular weight is 321 g/mol. The number of rotatable bonds is 3. The summed E-state index contributed by atoms with van der Waals surface area (Å²) < 4.78 is 0. The zero-order chi connectivity index (χ0) is 14.0. The van der Waals surface area contributed by atoms with Crippen LogP contribution < -0.4 is 11.1 Å². The van der Waals surface area contributed by atoms with Crippen molar-refractivity contribution >= 4 is 52.2 Å². The van der Waals surface area contributed by atoms with Crippen molar-refractivity contribution in [3.63, 3.8) is 0 Å². The molecule has 0 aliphatic heterocycles. The molecule has 2 aromatic rings. The number of hydrogen-bond donors (Lipinski definition) is 2. The zero-order valence-electron chi connectivity index (χ0n) is 9.40. The van der Waals surface area contributed by atoms with E-state index in [2.05, 4.69) is 15.5 Å². The summed E-state index contributed by atoms with van der Waals surface area (Å²) in [4.78, 5) is 12.9. The first-order valence-corrected chi connectivity index (χ1v) is 6.19. The van der Waals surface area contributed by atoms with E-state index in [0.717, 1.165) is 4.80 Å². The third kappa shape index (κ3) is 3.50. The van der Waals surface area contributed by atoms with E-state index in [9.17, 15) is 4.79 Å². The fraction of sp³-hybridized carbons (Fsp3) is 0.100. The molecule has 6 nitrogen and oxygen atoms in total. The molecule has 0 fully saturated rings. The molecule has 3 N–H and O–H groups in total. The SMILES string of the molecule is Nc1cnn(CC(=O)Nc2c(Cl)cc(Cl)cc2Cl)n1. The van der Waals surface area contributed by atoms with E-state index >= 15 is 0 Å². The highest BCUT2D eigenvalue weighted by molar-refractivity contribution is 6.42. The normalized spacial score (nSPS) is 10.5. The lowest BCUT2D eigenvalue weighted by Gasteiger charge is -2.09. The molecule has 1 heterocycles. The van der Waals surface area contributed by atoms with Gasteiger partial charge in [-0.25, -0.2) is 0 Å². The minimum Gasteiger partial charge on any atom is -0.381 e. The van der Waals surface area contributed by atoms with Gasteiger partial charge in [0.1, 0.15) is 6.54 Å². The maximum absolute atomic E-state index is 11.8. The average Bonchev–Trinajstić information content (AvgIpc) is 2.69. The Morgan fingerprint density at radius 2 is 1.95 bits per heavy atom. The van der Waals surface area contributed by atoms with Gasteiger partial charge in [-0.2, -0.15) is 9.90 Å². The summed E-state index contributed by atoms with van der Waals surface area (Å²) in [6, 6.07) is 2.96. The van der Waals surface area contributed by atoms with Crippen LogP contribution in [0.15, 0.2) is 18.3 Å². The Morgan fingerprint density at radius 1 is 1.32 bits per heavy atom. The van der Waals surface area contributed by atoms with E-state index in [1.165, 1.54) is 18.3 Å². The van der Waals surface area contributed by atoms with Crippen molar-refractivity contribution in [3.05, 3.63) is 33.4 Å². The summed E-state index contributed by atoms with van der Waals surface area (Å²) in [5, 5.41) is 11.0. The first kappa shape index (κ1) is 13.9. The van der Waals surface area contributed by atoms with Crippen LogP contribution in [0.25, 0.3) is 0 Å². The van der Waals surface area contributed by atoms with Crippen molar-refractivity contribution < 1.29 is 4.79 Å². The smallest absolute Gasteiger partial charge is 0.248 e. The van der Waals surface area contributed by atoms with Crippen molar-refractivity contribution in [1.29, 1.82) is 0 Å². The van der Waals surface area contributed by atoms with E-state index in [4.69, 9.17) is 40.5 Å². The fourth-order valence-electron chi connectivity index (χ4n) is 1.36. The van der Waals surface area contributed by atoms with Gasteiger partial charge >= 0.3 is 0 Å². The summed E-state index contributed by atoms with van der Waals surface area (Å²) in [5.74, 6) is -0.155. The lowest BCUT2D eigenvalue weighted by atomic mass is 10.3. The summed E-state index contributed by atoms with van der Waals surface area (Å²) >= 11 is 17.7. The standard InChI is InChI=1S/C10H8Cl3N5O/c11-5-1-6(12)10(7(13)2-5)16-9(19)4-18-15-3-8(14)17-18/h1-3H,4H2,(H2,14,17)(H,16,19). The highest BCUT2D eigenvalue weighted by atomic mass is 35.5. The number of carbonyl (C=O) groups is 1. The molecular formula is C10H8Cl3N5O. The second-order valence-electron chi connectivity index (χ2n) is 3.59. The van der Waals surface area contributed by atoms with Crippen molar-refractivity contribution in [3.8, 4) is 0 Å². The minimum atomic E-state index is -0.387. The molecule has 0 bridgehead atoms. The highest BCUT2D eigenvalue weighted by Crippen LogP contribution is 2.33. The third-order valence-electron chi connectivity index (χ3n) is 2.11. The lowest BCUT2D eigenvalue weighted by Crippen LogP contribution is -2.20. The molecule has 0 radical (unpaired) electrons. The van der Waals surface area contributed by atoms with Gasteiger partial charge in [-0.05, 0) is 12.1 Å². The molecule has 0 aliphatic carbocycles. The molecule has 19 heavy (non-hydrogen) atoms. The van der Waals surface area contributed by atoms with Crippen LogP contribution in [-0.2, 0) is 11.3 Å². The maximum atomic E-state index is 11.8. The molecule has 0 spiro atoms. The predicted octanol–water partition coefficient (Wildman–Crippen LogP) is 2.46. The molecule has 0 saturated carbocycles. The number of carbonyl (C=O) groups excluding carboxylic acids is 1. The van der Waals surface area contributed by atoms with Crippen LogP contribution in [0.4, 0.5) is 11.5 Å². The number of hydrogen-bond acceptors (Lipinski definition) is 4. The molecular weight excluding hydrogens is 313 g/mol. The number of anilines is 2. The second-order valence-corrected chi connectivity index (χ2v) is 4.84. The number of nitrogen functional groups attached to an aromatic ring is 1. The van der Waals surface area contributed by atoms with Crippen LogP contribution in [0, 0.1) is 0 Å². The lowest BCUT2D eigenvalue weighted by molar-refractivity contribution is -0.117. The molecule has 0 atom stereocenters. The van der Waals surface area contributed by atoms with E-state index in [-0.39, 0.29) is 34.0 Å². The van der Waals surface area contributed by atoms with Crippen molar-refractivity contribution in [1.82, 2.24) is 15.0 Å². The van der Waals surface area contributed by atoms with Gasteiger partial charge in [-0.3, -0.25) is 4.79 Å². The number of nitrogens with two attached hydrogens (primary N) is 1. The summed E-state index contributed by atoms with van der Waals surface area (Å²) in [6.07, 6.45) is 1.34. The maximum Gasteiger partial charge on any atom is 0.248 e. The summed E-state index contributed by atoms with van der Waals surface area (Å²) in [5.41, 5.74) is 5.68.